The van der Waals surface area contributed by atoms with Crippen LogP contribution in [-0.2, 0) is 6.42 Å². The van der Waals surface area contributed by atoms with Gasteiger partial charge in [0.2, 0.25) is 0 Å². The molecular weight excluding hydrogens is 314 g/mol. The zero-order chi connectivity index (χ0) is 18.0. The van der Waals surface area contributed by atoms with Crippen molar-refractivity contribution in [3.8, 4) is 0 Å². The molecule has 5 nitrogen and oxygen atoms in total. The van der Waals surface area contributed by atoms with Crippen LogP contribution >= 0.6 is 0 Å². The lowest BCUT2D eigenvalue weighted by Gasteiger charge is -2.12. The fourth-order valence-electron chi connectivity index (χ4n) is 3.08. The zero-order valence-corrected chi connectivity index (χ0v) is 14.6. The van der Waals surface area contributed by atoms with E-state index in [0.717, 1.165) is 16.5 Å². The number of furan rings is 1. The summed E-state index contributed by atoms with van der Waals surface area (Å²) < 4.78 is 5.92. The Morgan fingerprint density at radius 3 is 2.44 bits per heavy atom. The molecule has 128 valence electrons. The van der Waals surface area contributed by atoms with Crippen molar-refractivity contribution in [2.24, 2.45) is 10.8 Å². The van der Waals surface area contributed by atoms with E-state index in [0.29, 0.717) is 17.9 Å². The molecule has 3 N–H and O–H groups in total. The third-order valence-electron chi connectivity index (χ3n) is 4.20. The number of para-hydroxylation sites is 1. The molecule has 0 aliphatic rings. The second-order valence-electron chi connectivity index (χ2n) is 6.24. The third-order valence-corrected chi connectivity index (χ3v) is 4.20. The Morgan fingerprint density at radius 2 is 1.80 bits per heavy atom. The maximum absolute atomic E-state index is 11.1. The van der Waals surface area contributed by atoms with Gasteiger partial charge in [-0.15, -0.1) is 0 Å². The van der Waals surface area contributed by atoms with E-state index in [2.05, 4.69) is 43.4 Å². The number of hydrazone groups is 1. The van der Waals surface area contributed by atoms with Crippen LogP contribution in [0.1, 0.15) is 28.0 Å². The molecule has 2 aromatic carbocycles. The first-order chi connectivity index (χ1) is 11.9. The summed E-state index contributed by atoms with van der Waals surface area (Å²) >= 11 is 0. The van der Waals surface area contributed by atoms with Gasteiger partial charge in [0.25, 0.3) is 0 Å². The molecule has 2 amide bonds. The quantitative estimate of drug-likeness (QED) is 0.559. The number of nitrogens with zero attached hydrogens (tertiary/aromatic N) is 1. The molecule has 0 bridgehead atoms. The highest BCUT2D eigenvalue weighted by atomic mass is 16.3. The standard InChI is InChI=1S/C20H21N3O2/c1-12-8-13(2)16(14(3)9-12)11-17(22-23-20(21)24)19-10-15-6-4-5-7-18(15)25-19/h4-10H,11H2,1-3H3,(H3,21,23,24)/b22-17-. The Hall–Kier alpha value is -3.08. The van der Waals surface area contributed by atoms with Gasteiger partial charge in [-0.3, -0.25) is 0 Å². The van der Waals surface area contributed by atoms with Crippen LogP contribution in [0.3, 0.4) is 0 Å². The molecule has 0 aliphatic carbocycles. The number of carbonyl (C=O) groups excluding carboxylic acids is 1. The Balaban J connectivity index is 2.04. The highest BCUT2D eigenvalue weighted by Gasteiger charge is 2.15. The number of urea groups is 1. The highest BCUT2D eigenvalue weighted by Crippen LogP contribution is 2.23. The first kappa shape index (κ1) is 16.8. The van der Waals surface area contributed by atoms with Crippen LogP contribution in [0.25, 0.3) is 11.0 Å². The number of amides is 2. The number of nitrogens with two attached hydrogens (primary N) is 1. The minimum atomic E-state index is -0.703. The number of benzene rings is 2. The molecule has 0 aliphatic heterocycles. The van der Waals surface area contributed by atoms with Gasteiger partial charge in [0.05, 0.1) is 0 Å². The third kappa shape index (κ3) is 3.71. The molecule has 0 radical (unpaired) electrons. The minimum Gasteiger partial charge on any atom is -0.455 e. The number of primary amides is 1. The van der Waals surface area contributed by atoms with Gasteiger partial charge in [0, 0.05) is 11.8 Å². The average molecular weight is 335 g/mol. The monoisotopic (exact) mass is 335 g/mol. The molecule has 0 unspecified atom stereocenters. The van der Waals surface area contributed by atoms with Gasteiger partial charge in [-0.05, 0) is 49.6 Å². The van der Waals surface area contributed by atoms with Crippen molar-refractivity contribution in [3.63, 3.8) is 0 Å². The van der Waals surface area contributed by atoms with E-state index >= 15 is 0 Å². The topological polar surface area (TPSA) is 80.6 Å². The van der Waals surface area contributed by atoms with Gasteiger partial charge < -0.3 is 10.2 Å². The van der Waals surface area contributed by atoms with E-state index in [-0.39, 0.29) is 0 Å². The number of carbonyl (C=O) groups is 1. The Bertz CT molecular complexity index is 914. The SMILES string of the molecule is Cc1cc(C)c(C/C(=N/NC(N)=O)c2cc3ccccc3o2)c(C)c1. The summed E-state index contributed by atoms with van der Waals surface area (Å²) in [5.41, 5.74) is 13.7. The summed E-state index contributed by atoms with van der Waals surface area (Å²) in [6, 6.07) is 13.3. The summed E-state index contributed by atoms with van der Waals surface area (Å²) in [5, 5.41) is 5.17. The Labute approximate surface area is 146 Å². The van der Waals surface area contributed by atoms with Crippen LogP contribution in [0.2, 0.25) is 0 Å². The number of hydrogen-bond donors (Lipinski definition) is 2. The molecule has 0 atom stereocenters. The normalized spacial score (nSPS) is 11.7. The molecule has 1 aromatic heterocycles. The zero-order valence-electron chi connectivity index (χ0n) is 14.6. The van der Waals surface area contributed by atoms with Crippen molar-refractivity contribution >= 4 is 22.7 Å². The molecule has 3 aromatic rings. The maximum atomic E-state index is 11.1. The molecule has 0 saturated heterocycles. The van der Waals surface area contributed by atoms with Crippen molar-refractivity contribution in [2.75, 3.05) is 0 Å². The summed E-state index contributed by atoms with van der Waals surface area (Å²) in [4.78, 5) is 11.1. The smallest absolute Gasteiger partial charge is 0.332 e. The van der Waals surface area contributed by atoms with Crippen LogP contribution in [0, 0.1) is 20.8 Å². The van der Waals surface area contributed by atoms with Gasteiger partial charge in [-0.25, -0.2) is 10.2 Å². The molecular formula is C20H21N3O2. The maximum Gasteiger partial charge on any atom is 0.332 e. The molecule has 0 spiro atoms. The van der Waals surface area contributed by atoms with Crippen LogP contribution < -0.4 is 11.2 Å². The van der Waals surface area contributed by atoms with Gasteiger partial charge >= 0.3 is 6.03 Å². The van der Waals surface area contributed by atoms with E-state index in [1.807, 2.05) is 30.3 Å². The van der Waals surface area contributed by atoms with Gasteiger partial charge in [0.1, 0.15) is 11.3 Å². The summed E-state index contributed by atoms with van der Waals surface area (Å²) in [6.45, 7) is 6.23. The number of nitrogens with one attached hydrogen (secondary N) is 1. The lowest BCUT2D eigenvalue weighted by atomic mass is 9.95. The summed E-state index contributed by atoms with van der Waals surface area (Å²) in [7, 11) is 0. The van der Waals surface area contributed by atoms with Crippen LogP contribution in [0.4, 0.5) is 4.79 Å². The van der Waals surface area contributed by atoms with Crippen molar-refractivity contribution in [1.82, 2.24) is 5.43 Å². The number of rotatable bonds is 4. The van der Waals surface area contributed by atoms with Gasteiger partial charge in [0.15, 0.2) is 5.76 Å². The van der Waals surface area contributed by atoms with Crippen molar-refractivity contribution in [3.05, 3.63) is 70.5 Å². The Kier molecular flexibility index (Phi) is 4.57. The molecule has 1 heterocycles. The van der Waals surface area contributed by atoms with Gasteiger partial charge in [-0.2, -0.15) is 5.10 Å². The first-order valence-electron chi connectivity index (χ1n) is 8.11. The van der Waals surface area contributed by atoms with Crippen LogP contribution in [0.5, 0.6) is 0 Å². The fraction of sp³-hybridized carbons (Fsp3) is 0.200. The minimum absolute atomic E-state index is 0.540. The number of aryl methyl sites for hydroxylation is 3. The molecule has 0 fully saturated rings. The van der Waals surface area contributed by atoms with Gasteiger partial charge in [-0.1, -0.05) is 35.9 Å². The second-order valence-corrected chi connectivity index (χ2v) is 6.24. The van der Waals surface area contributed by atoms with E-state index in [1.54, 1.807) is 0 Å². The predicted octanol–water partition coefficient (Wildman–Crippen LogP) is 3.97. The van der Waals surface area contributed by atoms with Crippen LogP contribution in [0.15, 0.2) is 52.0 Å². The number of hydrogen-bond acceptors (Lipinski definition) is 3. The molecule has 5 heteroatoms. The summed E-state index contributed by atoms with van der Waals surface area (Å²) in [6.07, 6.45) is 0.540. The van der Waals surface area contributed by atoms with Crippen molar-refractivity contribution in [1.29, 1.82) is 0 Å². The second kappa shape index (κ2) is 6.81. The van der Waals surface area contributed by atoms with Crippen molar-refractivity contribution in [2.45, 2.75) is 27.2 Å². The van der Waals surface area contributed by atoms with E-state index in [9.17, 15) is 4.79 Å². The first-order valence-corrected chi connectivity index (χ1v) is 8.11. The number of fused-ring (bicyclic) bond motifs is 1. The highest BCUT2D eigenvalue weighted by molar-refractivity contribution is 6.03. The molecule has 3 rings (SSSR count). The molecule has 0 saturated carbocycles. The van der Waals surface area contributed by atoms with E-state index in [1.165, 1.54) is 16.7 Å². The van der Waals surface area contributed by atoms with E-state index < -0.39 is 6.03 Å². The summed E-state index contributed by atoms with van der Waals surface area (Å²) in [5.74, 6) is 0.620. The fourth-order valence-corrected chi connectivity index (χ4v) is 3.08. The van der Waals surface area contributed by atoms with Crippen LogP contribution in [-0.4, -0.2) is 11.7 Å². The lowest BCUT2D eigenvalue weighted by Crippen LogP contribution is -2.26. The Morgan fingerprint density at radius 1 is 1.12 bits per heavy atom. The largest absolute Gasteiger partial charge is 0.455 e. The molecule has 25 heavy (non-hydrogen) atoms. The predicted molar refractivity (Wildman–Crippen MR) is 99.8 cm³/mol. The lowest BCUT2D eigenvalue weighted by molar-refractivity contribution is 0.249. The van der Waals surface area contributed by atoms with Crippen molar-refractivity contribution < 1.29 is 9.21 Å². The van der Waals surface area contributed by atoms with E-state index in [4.69, 9.17) is 10.2 Å². The average Bonchev–Trinajstić information content (AvgIpc) is 2.97.